The second-order valence-electron chi connectivity index (χ2n) is 6.08. The lowest BCUT2D eigenvalue weighted by molar-refractivity contribution is 0.801. The third-order valence-corrected chi connectivity index (χ3v) is 4.54. The van der Waals surface area contributed by atoms with Crippen molar-refractivity contribution in [1.29, 1.82) is 0 Å². The van der Waals surface area contributed by atoms with Crippen LogP contribution >= 0.6 is 0 Å². The summed E-state index contributed by atoms with van der Waals surface area (Å²) in [6, 6.07) is 11.3. The average Bonchev–Trinajstić information content (AvgIpc) is 2.45. The second-order valence-corrected chi connectivity index (χ2v) is 6.08. The first-order valence-corrected chi connectivity index (χ1v) is 7.41. The highest BCUT2D eigenvalue weighted by atomic mass is 14.3. The third-order valence-electron chi connectivity index (χ3n) is 4.54. The molecule has 0 fully saturated rings. The van der Waals surface area contributed by atoms with E-state index in [4.69, 9.17) is 0 Å². The number of rotatable bonds is 1. The largest absolute Gasteiger partial charge is 0.0830 e. The summed E-state index contributed by atoms with van der Waals surface area (Å²) in [6.07, 6.45) is 5.75. The van der Waals surface area contributed by atoms with E-state index in [0.29, 0.717) is 5.92 Å². The molecule has 0 aliphatic heterocycles. The molecule has 0 aromatic heterocycles. The fraction of sp³-hybridized carbons (Fsp3) is 0.300. The van der Waals surface area contributed by atoms with Crippen molar-refractivity contribution in [3.63, 3.8) is 0 Å². The van der Waals surface area contributed by atoms with Gasteiger partial charge in [0.15, 0.2) is 0 Å². The van der Waals surface area contributed by atoms with Crippen molar-refractivity contribution < 1.29 is 0 Å². The Morgan fingerprint density at radius 3 is 2.35 bits per heavy atom. The molecule has 0 saturated carbocycles. The number of benzene rings is 2. The molecule has 1 aliphatic rings. The van der Waals surface area contributed by atoms with Crippen LogP contribution in [0.3, 0.4) is 0 Å². The van der Waals surface area contributed by atoms with Gasteiger partial charge >= 0.3 is 0 Å². The van der Waals surface area contributed by atoms with E-state index in [1.807, 2.05) is 0 Å². The predicted octanol–water partition coefficient (Wildman–Crippen LogP) is 5.47. The summed E-state index contributed by atoms with van der Waals surface area (Å²) in [5.74, 6) is 0.509. The number of allylic oxidation sites excluding steroid dienone is 1. The summed E-state index contributed by atoms with van der Waals surface area (Å²) < 4.78 is 0. The van der Waals surface area contributed by atoms with Gasteiger partial charge in [0, 0.05) is 5.92 Å². The average molecular weight is 262 g/mol. The molecule has 2 aromatic rings. The SMILES string of the molecule is Cc1ccc(C)c(C2CC=Cc3c(C)ccc(C)c32)c1. The van der Waals surface area contributed by atoms with Gasteiger partial charge in [-0.05, 0) is 67.5 Å². The van der Waals surface area contributed by atoms with E-state index in [1.165, 1.54) is 38.9 Å². The zero-order valence-electron chi connectivity index (χ0n) is 12.8. The molecule has 1 atom stereocenters. The summed E-state index contributed by atoms with van der Waals surface area (Å²) in [4.78, 5) is 0. The van der Waals surface area contributed by atoms with Crippen LogP contribution < -0.4 is 0 Å². The lowest BCUT2D eigenvalue weighted by Crippen LogP contribution is -2.10. The lowest BCUT2D eigenvalue weighted by atomic mass is 9.77. The Balaban J connectivity index is 2.22. The molecule has 0 radical (unpaired) electrons. The van der Waals surface area contributed by atoms with Crippen molar-refractivity contribution >= 4 is 6.08 Å². The fourth-order valence-electron chi connectivity index (χ4n) is 3.40. The van der Waals surface area contributed by atoms with Crippen molar-refractivity contribution in [1.82, 2.24) is 0 Å². The first-order chi connectivity index (χ1) is 9.58. The number of hydrogen-bond acceptors (Lipinski definition) is 0. The van der Waals surface area contributed by atoms with Crippen LogP contribution in [0, 0.1) is 27.7 Å². The van der Waals surface area contributed by atoms with Crippen LogP contribution in [-0.2, 0) is 0 Å². The second kappa shape index (κ2) is 4.94. The number of hydrogen-bond donors (Lipinski definition) is 0. The Hall–Kier alpha value is -1.82. The van der Waals surface area contributed by atoms with Crippen molar-refractivity contribution in [3.05, 3.63) is 75.4 Å². The standard InChI is InChI=1S/C20H22/c1-13-8-9-15(3)19(12-13)18-7-5-6-17-14(2)10-11-16(4)20(17)18/h5-6,8-12,18H,7H2,1-4H3. The topological polar surface area (TPSA) is 0 Å². The molecular formula is C20H22. The maximum Gasteiger partial charge on any atom is 0.0135 e. The minimum atomic E-state index is 0.509. The van der Waals surface area contributed by atoms with Gasteiger partial charge in [-0.3, -0.25) is 0 Å². The van der Waals surface area contributed by atoms with E-state index < -0.39 is 0 Å². The molecule has 0 saturated heterocycles. The zero-order chi connectivity index (χ0) is 14.3. The van der Waals surface area contributed by atoms with Gasteiger partial charge in [0.25, 0.3) is 0 Å². The lowest BCUT2D eigenvalue weighted by Gasteiger charge is -2.27. The summed E-state index contributed by atoms with van der Waals surface area (Å²) in [6.45, 7) is 8.88. The third kappa shape index (κ3) is 2.10. The van der Waals surface area contributed by atoms with Crippen LogP contribution in [0.15, 0.2) is 36.4 Å². The van der Waals surface area contributed by atoms with Gasteiger partial charge in [-0.1, -0.05) is 48.0 Å². The minimum Gasteiger partial charge on any atom is -0.0830 e. The highest BCUT2D eigenvalue weighted by Gasteiger charge is 2.23. The summed E-state index contributed by atoms with van der Waals surface area (Å²) in [5.41, 5.74) is 10.0. The molecule has 102 valence electrons. The molecule has 0 heteroatoms. The maximum absolute atomic E-state index is 2.37. The molecule has 2 aromatic carbocycles. The van der Waals surface area contributed by atoms with Gasteiger partial charge in [0.1, 0.15) is 0 Å². The minimum absolute atomic E-state index is 0.509. The van der Waals surface area contributed by atoms with E-state index in [2.05, 4.69) is 70.2 Å². The molecule has 0 heterocycles. The van der Waals surface area contributed by atoms with Crippen molar-refractivity contribution in [2.45, 2.75) is 40.0 Å². The fourth-order valence-corrected chi connectivity index (χ4v) is 3.40. The Morgan fingerprint density at radius 2 is 1.55 bits per heavy atom. The Morgan fingerprint density at radius 1 is 0.850 bits per heavy atom. The zero-order valence-corrected chi connectivity index (χ0v) is 12.8. The predicted molar refractivity (Wildman–Crippen MR) is 87.3 cm³/mol. The summed E-state index contributed by atoms with van der Waals surface area (Å²) in [7, 11) is 0. The Bertz CT molecular complexity index is 689. The highest BCUT2D eigenvalue weighted by molar-refractivity contribution is 5.65. The van der Waals surface area contributed by atoms with Gasteiger partial charge in [-0.15, -0.1) is 0 Å². The van der Waals surface area contributed by atoms with Gasteiger partial charge in [0.2, 0.25) is 0 Å². The molecule has 1 unspecified atom stereocenters. The van der Waals surface area contributed by atoms with Crippen molar-refractivity contribution in [2.24, 2.45) is 0 Å². The summed E-state index contributed by atoms with van der Waals surface area (Å²) in [5, 5.41) is 0. The van der Waals surface area contributed by atoms with E-state index in [0.717, 1.165) is 6.42 Å². The summed E-state index contributed by atoms with van der Waals surface area (Å²) >= 11 is 0. The first kappa shape index (κ1) is 13.2. The molecular weight excluding hydrogens is 240 g/mol. The maximum atomic E-state index is 2.37. The molecule has 0 N–H and O–H groups in total. The molecule has 3 rings (SSSR count). The van der Waals surface area contributed by atoms with E-state index in [9.17, 15) is 0 Å². The first-order valence-electron chi connectivity index (χ1n) is 7.41. The number of aryl methyl sites for hydroxylation is 4. The van der Waals surface area contributed by atoms with Crippen LogP contribution in [-0.4, -0.2) is 0 Å². The van der Waals surface area contributed by atoms with Crippen molar-refractivity contribution in [3.8, 4) is 0 Å². The quantitative estimate of drug-likeness (QED) is 0.639. The van der Waals surface area contributed by atoms with E-state index in [1.54, 1.807) is 0 Å². The van der Waals surface area contributed by atoms with Crippen LogP contribution in [0.25, 0.3) is 6.08 Å². The molecule has 20 heavy (non-hydrogen) atoms. The van der Waals surface area contributed by atoms with Crippen LogP contribution in [0.1, 0.15) is 51.3 Å². The van der Waals surface area contributed by atoms with Gasteiger partial charge in [-0.25, -0.2) is 0 Å². The van der Waals surface area contributed by atoms with Gasteiger partial charge < -0.3 is 0 Å². The molecule has 0 spiro atoms. The molecule has 0 bridgehead atoms. The number of fused-ring (bicyclic) bond motifs is 1. The van der Waals surface area contributed by atoms with E-state index in [-0.39, 0.29) is 0 Å². The smallest absolute Gasteiger partial charge is 0.0135 e. The van der Waals surface area contributed by atoms with Crippen LogP contribution in [0.5, 0.6) is 0 Å². The monoisotopic (exact) mass is 262 g/mol. The molecule has 0 nitrogen and oxygen atoms in total. The highest BCUT2D eigenvalue weighted by Crippen LogP contribution is 2.39. The molecule has 1 aliphatic carbocycles. The van der Waals surface area contributed by atoms with Crippen molar-refractivity contribution in [2.75, 3.05) is 0 Å². The molecule has 0 amide bonds. The Labute approximate surface area is 122 Å². The van der Waals surface area contributed by atoms with Gasteiger partial charge in [-0.2, -0.15) is 0 Å². The Kier molecular flexibility index (Phi) is 3.25. The van der Waals surface area contributed by atoms with Crippen LogP contribution in [0.2, 0.25) is 0 Å². The van der Waals surface area contributed by atoms with Crippen LogP contribution in [0.4, 0.5) is 0 Å². The van der Waals surface area contributed by atoms with Gasteiger partial charge in [0.05, 0.1) is 0 Å². The van der Waals surface area contributed by atoms with E-state index >= 15 is 0 Å². The normalized spacial score (nSPS) is 17.1.